The first-order chi connectivity index (χ1) is 9.36. The molecule has 9 nitrogen and oxygen atoms in total. The summed E-state index contributed by atoms with van der Waals surface area (Å²) in [5.41, 5.74) is 4.89. The molecule has 20 heavy (non-hydrogen) atoms. The summed E-state index contributed by atoms with van der Waals surface area (Å²) < 4.78 is 0. The van der Waals surface area contributed by atoms with E-state index < -0.39 is 23.8 Å². The van der Waals surface area contributed by atoms with E-state index in [-0.39, 0.29) is 31.7 Å². The second-order valence-corrected chi connectivity index (χ2v) is 4.09. The van der Waals surface area contributed by atoms with Gasteiger partial charge in [0, 0.05) is 19.4 Å². The molecule has 9 heteroatoms. The molecule has 1 atom stereocenters. The minimum Gasteiger partial charge on any atom is -0.481 e. The van der Waals surface area contributed by atoms with Gasteiger partial charge in [-0.25, -0.2) is 0 Å². The predicted octanol–water partition coefficient (Wildman–Crippen LogP) is -2.45. The normalized spacial score (nSPS) is 11.4. The van der Waals surface area contributed by atoms with Gasteiger partial charge in [0.2, 0.25) is 17.7 Å². The zero-order chi connectivity index (χ0) is 15.5. The average Bonchev–Trinajstić information content (AvgIpc) is 2.37. The fourth-order valence-corrected chi connectivity index (χ4v) is 1.34. The molecule has 0 aliphatic carbocycles. The lowest BCUT2D eigenvalue weighted by atomic mass is 10.1. The monoisotopic (exact) mass is 288 g/mol. The highest BCUT2D eigenvalue weighted by Crippen LogP contribution is 1.99. The summed E-state index contributed by atoms with van der Waals surface area (Å²) in [4.78, 5) is 44.4. The van der Waals surface area contributed by atoms with Gasteiger partial charge in [-0.05, 0) is 13.5 Å². The van der Waals surface area contributed by atoms with Crippen LogP contribution in [0.3, 0.4) is 0 Å². The molecule has 0 aromatic rings. The van der Waals surface area contributed by atoms with E-state index in [0.29, 0.717) is 6.54 Å². The molecule has 0 aliphatic heterocycles. The van der Waals surface area contributed by atoms with Crippen molar-refractivity contribution in [1.29, 1.82) is 0 Å². The topological polar surface area (TPSA) is 151 Å². The number of hydrogen-bond donors (Lipinski definition) is 5. The minimum atomic E-state index is -1.08. The molecule has 114 valence electrons. The number of carbonyl (C=O) groups excluding carboxylic acids is 3. The molecule has 0 saturated carbocycles. The third kappa shape index (κ3) is 8.86. The summed E-state index contributed by atoms with van der Waals surface area (Å²) >= 11 is 0. The van der Waals surface area contributed by atoms with Gasteiger partial charge in [-0.1, -0.05) is 0 Å². The standard InChI is InChI=1S/C11H20N4O5/c1-13-5-4-9(17)15-7(2-3-10(18)19)11(20)14-6-8(12)16/h7,13H,2-6H2,1H3,(H2,12,16)(H,14,20)(H,15,17)(H,18,19). The van der Waals surface area contributed by atoms with Crippen molar-refractivity contribution < 1.29 is 24.3 Å². The molecular weight excluding hydrogens is 268 g/mol. The Kier molecular flexibility index (Phi) is 8.68. The summed E-state index contributed by atoms with van der Waals surface area (Å²) in [5.74, 6) is -2.83. The summed E-state index contributed by atoms with van der Waals surface area (Å²) in [6.07, 6.45) is -0.185. The molecule has 0 radical (unpaired) electrons. The van der Waals surface area contributed by atoms with Crippen LogP contribution in [0.5, 0.6) is 0 Å². The van der Waals surface area contributed by atoms with Crippen LogP contribution in [-0.4, -0.2) is 55.0 Å². The first kappa shape index (κ1) is 17.8. The number of aliphatic carboxylic acids is 1. The summed E-state index contributed by atoms with van der Waals surface area (Å²) in [6, 6.07) is -1.00. The van der Waals surface area contributed by atoms with E-state index in [1.165, 1.54) is 0 Å². The van der Waals surface area contributed by atoms with Gasteiger partial charge in [-0.15, -0.1) is 0 Å². The number of carbonyl (C=O) groups is 4. The molecular formula is C11H20N4O5. The SMILES string of the molecule is CNCCC(=O)NC(CCC(=O)O)C(=O)NCC(N)=O. The maximum absolute atomic E-state index is 11.7. The maximum Gasteiger partial charge on any atom is 0.303 e. The van der Waals surface area contributed by atoms with Gasteiger partial charge in [0.15, 0.2) is 0 Å². The van der Waals surface area contributed by atoms with Crippen molar-refractivity contribution in [2.24, 2.45) is 5.73 Å². The molecule has 6 N–H and O–H groups in total. The number of nitrogens with two attached hydrogens (primary N) is 1. The highest BCUT2D eigenvalue weighted by molar-refractivity contribution is 5.90. The number of carboxylic acid groups (broad SMARTS) is 1. The van der Waals surface area contributed by atoms with Gasteiger partial charge in [0.05, 0.1) is 6.54 Å². The van der Waals surface area contributed by atoms with E-state index in [9.17, 15) is 19.2 Å². The van der Waals surface area contributed by atoms with Gasteiger partial charge < -0.3 is 26.8 Å². The van der Waals surface area contributed by atoms with E-state index in [1.807, 2.05) is 0 Å². The van der Waals surface area contributed by atoms with Gasteiger partial charge in [0.1, 0.15) is 6.04 Å². The molecule has 0 saturated heterocycles. The minimum absolute atomic E-state index is 0.0643. The van der Waals surface area contributed by atoms with Crippen LogP contribution in [-0.2, 0) is 19.2 Å². The number of primary amides is 1. The lowest BCUT2D eigenvalue weighted by molar-refractivity contribution is -0.138. The molecule has 0 fully saturated rings. The van der Waals surface area contributed by atoms with Crippen molar-refractivity contribution in [2.45, 2.75) is 25.3 Å². The zero-order valence-electron chi connectivity index (χ0n) is 11.3. The average molecular weight is 288 g/mol. The highest BCUT2D eigenvalue weighted by atomic mass is 16.4. The Labute approximate surface area is 116 Å². The maximum atomic E-state index is 11.7. The van der Waals surface area contributed by atoms with Crippen LogP contribution in [0.4, 0.5) is 0 Å². The van der Waals surface area contributed by atoms with Crippen LogP contribution in [0.1, 0.15) is 19.3 Å². The quantitative estimate of drug-likeness (QED) is 0.301. The molecule has 0 rings (SSSR count). The number of amides is 3. The van der Waals surface area contributed by atoms with Crippen LogP contribution in [0.25, 0.3) is 0 Å². The molecule has 0 heterocycles. The van der Waals surface area contributed by atoms with Crippen molar-refractivity contribution in [1.82, 2.24) is 16.0 Å². The number of rotatable bonds is 10. The molecule has 0 spiro atoms. The first-order valence-electron chi connectivity index (χ1n) is 6.08. The van der Waals surface area contributed by atoms with Crippen LogP contribution in [0.15, 0.2) is 0 Å². The molecule has 0 aromatic carbocycles. The number of carboxylic acids is 1. The molecule has 0 aromatic heterocycles. The summed E-state index contributed by atoms with van der Waals surface area (Å²) in [5, 5.41) is 16.0. The van der Waals surface area contributed by atoms with Crippen molar-refractivity contribution in [3.63, 3.8) is 0 Å². The Balaban J connectivity index is 4.45. The zero-order valence-corrected chi connectivity index (χ0v) is 11.3. The smallest absolute Gasteiger partial charge is 0.303 e. The third-order valence-corrected chi connectivity index (χ3v) is 2.34. The van der Waals surface area contributed by atoms with E-state index in [1.54, 1.807) is 7.05 Å². The predicted molar refractivity (Wildman–Crippen MR) is 69.5 cm³/mol. The molecule has 1 unspecified atom stereocenters. The lowest BCUT2D eigenvalue weighted by Gasteiger charge is -2.17. The largest absolute Gasteiger partial charge is 0.481 e. The second-order valence-electron chi connectivity index (χ2n) is 4.09. The third-order valence-electron chi connectivity index (χ3n) is 2.34. The van der Waals surface area contributed by atoms with Crippen molar-refractivity contribution in [3.8, 4) is 0 Å². The fourth-order valence-electron chi connectivity index (χ4n) is 1.34. The number of hydrogen-bond acceptors (Lipinski definition) is 5. The van der Waals surface area contributed by atoms with E-state index >= 15 is 0 Å². The summed E-state index contributed by atoms with van der Waals surface area (Å²) in [6.45, 7) is 0.0647. The van der Waals surface area contributed by atoms with Crippen LogP contribution >= 0.6 is 0 Å². The Bertz CT molecular complexity index is 372. The second kappa shape index (κ2) is 9.73. The van der Waals surface area contributed by atoms with Crippen molar-refractivity contribution in [3.05, 3.63) is 0 Å². The Morgan fingerprint density at radius 1 is 1.20 bits per heavy atom. The fraction of sp³-hybridized carbons (Fsp3) is 0.636. The van der Waals surface area contributed by atoms with Gasteiger partial charge >= 0.3 is 5.97 Å². The van der Waals surface area contributed by atoms with E-state index in [2.05, 4.69) is 16.0 Å². The van der Waals surface area contributed by atoms with Crippen LogP contribution in [0.2, 0.25) is 0 Å². The Morgan fingerprint density at radius 3 is 2.35 bits per heavy atom. The number of nitrogens with one attached hydrogen (secondary N) is 3. The van der Waals surface area contributed by atoms with E-state index in [4.69, 9.17) is 10.8 Å². The van der Waals surface area contributed by atoms with Gasteiger partial charge in [0.25, 0.3) is 0 Å². The van der Waals surface area contributed by atoms with Crippen LogP contribution < -0.4 is 21.7 Å². The van der Waals surface area contributed by atoms with Gasteiger partial charge in [-0.2, -0.15) is 0 Å². The van der Waals surface area contributed by atoms with Crippen molar-refractivity contribution >= 4 is 23.7 Å². The summed E-state index contributed by atoms with van der Waals surface area (Å²) in [7, 11) is 1.68. The van der Waals surface area contributed by atoms with Crippen LogP contribution in [0, 0.1) is 0 Å². The Morgan fingerprint density at radius 2 is 1.85 bits per heavy atom. The molecule has 0 aliphatic rings. The molecule has 3 amide bonds. The lowest BCUT2D eigenvalue weighted by Crippen LogP contribution is -2.49. The van der Waals surface area contributed by atoms with Crippen molar-refractivity contribution in [2.75, 3.05) is 20.1 Å². The molecule has 0 bridgehead atoms. The first-order valence-corrected chi connectivity index (χ1v) is 6.08. The van der Waals surface area contributed by atoms with E-state index in [0.717, 1.165) is 0 Å². The Hall–Kier alpha value is -2.16. The van der Waals surface area contributed by atoms with Gasteiger partial charge in [-0.3, -0.25) is 19.2 Å². The highest BCUT2D eigenvalue weighted by Gasteiger charge is 2.21.